The topological polar surface area (TPSA) is 47.3 Å². The van der Waals surface area contributed by atoms with Crippen molar-refractivity contribution in [1.82, 2.24) is 9.55 Å². The highest BCUT2D eigenvalue weighted by Gasteiger charge is 2.21. The summed E-state index contributed by atoms with van der Waals surface area (Å²) in [7, 11) is 1.67. The van der Waals surface area contributed by atoms with Crippen LogP contribution in [0.25, 0.3) is 11.4 Å². The number of fused-ring (bicyclic) bond motifs is 1. The molecule has 1 unspecified atom stereocenters. The quantitative estimate of drug-likeness (QED) is 0.917. The third-order valence-electron chi connectivity index (χ3n) is 3.80. The van der Waals surface area contributed by atoms with Gasteiger partial charge in [-0.1, -0.05) is 0 Å². The molecule has 1 N–H and O–H groups in total. The number of nitrogens with zero attached hydrogens (tertiary/aromatic N) is 2. The van der Waals surface area contributed by atoms with Gasteiger partial charge in [0.15, 0.2) is 0 Å². The first-order valence-corrected chi connectivity index (χ1v) is 6.61. The van der Waals surface area contributed by atoms with Gasteiger partial charge >= 0.3 is 0 Å². The molecule has 0 saturated heterocycles. The average molecular weight is 258 g/mol. The molecule has 2 heterocycles. The van der Waals surface area contributed by atoms with E-state index in [0.717, 1.165) is 36.5 Å². The second-order valence-electron chi connectivity index (χ2n) is 4.99. The minimum absolute atomic E-state index is 0.267. The Morgan fingerprint density at radius 1 is 1.37 bits per heavy atom. The van der Waals surface area contributed by atoms with Gasteiger partial charge in [0.1, 0.15) is 11.6 Å². The summed E-state index contributed by atoms with van der Waals surface area (Å²) in [6.45, 7) is 1.20. The van der Waals surface area contributed by atoms with Crippen molar-refractivity contribution in [2.45, 2.75) is 19.4 Å². The van der Waals surface area contributed by atoms with Gasteiger partial charge in [-0.15, -0.1) is 0 Å². The van der Waals surface area contributed by atoms with E-state index in [1.54, 1.807) is 7.11 Å². The summed E-state index contributed by atoms with van der Waals surface area (Å²) >= 11 is 0. The maximum absolute atomic E-state index is 9.25. The summed E-state index contributed by atoms with van der Waals surface area (Å²) in [5.41, 5.74) is 2.32. The summed E-state index contributed by atoms with van der Waals surface area (Å²) < 4.78 is 7.43. The van der Waals surface area contributed by atoms with Crippen LogP contribution in [0.2, 0.25) is 0 Å². The van der Waals surface area contributed by atoms with E-state index in [9.17, 15) is 5.11 Å². The largest absolute Gasteiger partial charge is 0.497 e. The standard InChI is InChI=1S/C15H18N2O2/c1-19-14-4-2-12(3-5-14)15-16-9-13-8-11(10-18)6-7-17(13)15/h2-5,9,11,18H,6-8,10H2,1H3. The molecule has 1 aromatic carbocycles. The van der Waals surface area contributed by atoms with Gasteiger partial charge in [-0.3, -0.25) is 0 Å². The molecule has 0 fully saturated rings. The summed E-state index contributed by atoms with van der Waals surface area (Å²) in [4.78, 5) is 4.53. The SMILES string of the molecule is COc1ccc(-c2ncc3n2CCC(CO)C3)cc1. The second kappa shape index (κ2) is 5.05. The van der Waals surface area contributed by atoms with Crippen molar-refractivity contribution in [2.24, 2.45) is 5.92 Å². The van der Waals surface area contributed by atoms with E-state index in [1.165, 1.54) is 5.69 Å². The number of aromatic nitrogens is 2. The number of ether oxygens (including phenoxy) is 1. The number of imidazole rings is 1. The van der Waals surface area contributed by atoms with Crippen LogP contribution in [0.15, 0.2) is 30.5 Å². The molecule has 4 nitrogen and oxygen atoms in total. The van der Waals surface area contributed by atoms with Crippen LogP contribution in [0.4, 0.5) is 0 Å². The lowest BCUT2D eigenvalue weighted by atomic mass is 9.97. The molecule has 1 atom stereocenters. The van der Waals surface area contributed by atoms with Gasteiger partial charge in [0.25, 0.3) is 0 Å². The number of aliphatic hydroxyl groups excluding tert-OH is 1. The lowest BCUT2D eigenvalue weighted by molar-refractivity contribution is 0.201. The zero-order valence-electron chi connectivity index (χ0n) is 11.0. The monoisotopic (exact) mass is 258 g/mol. The highest BCUT2D eigenvalue weighted by Crippen LogP contribution is 2.27. The van der Waals surface area contributed by atoms with Crippen LogP contribution in [0.5, 0.6) is 5.75 Å². The molecule has 100 valence electrons. The minimum atomic E-state index is 0.267. The maximum atomic E-state index is 9.25. The first-order valence-electron chi connectivity index (χ1n) is 6.61. The van der Waals surface area contributed by atoms with Crippen molar-refractivity contribution < 1.29 is 9.84 Å². The molecular formula is C15H18N2O2. The Labute approximate surface area is 112 Å². The molecule has 0 spiro atoms. The normalized spacial score (nSPS) is 18.1. The van der Waals surface area contributed by atoms with Crippen molar-refractivity contribution in [3.05, 3.63) is 36.2 Å². The Hall–Kier alpha value is -1.81. The van der Waals surface area contributed by atoms with Crippen LogP contribution < -0.4 is 4.74 Å². The molecule has 0 aliphatic carbocycles. The van der Waals surface area contributed by atoms with E-state index in [1.807, 2.05) is 30.5 Å². The van der Waals surface area contributed by atoms with Crippen molar-refractivity contribution in [2.75, 3.05) is 13.7 Å². The number of rotatable bonds is 3. The number of aliphatic hydroxyl groups is 1. The fourth-order valence-electron chi connectivity index (χ4n) is 2.66. The van der Waals surface area contributed by atoms with E-state index < -0.39 is 0 Å². The van der Waals surface area contributed by atoms with Crippen LogP contribution in [0.3, 0.4) is 0 Å². The number of methoxy groups -OCH3 is 1. The van der Waals surface area contributed by atoms with E-state index in [2.05, 4.69) is 9.55 Å². The van der Waals surface area contributed by atoms with Gasteiger partial charge in [-0.25, -0.2) is 4.98 Å². The highest BCUT2D eigenvalue weighted by atomic mass is 16.5. The molecule has 4 heteroatoms. The third kappa shape index (κ3) is 2.24. The van der Waals surface area contributed by atoms with Crippen LogP contribution in [-0.2, 0) is 13.0 Å². The van der Waals surface area contributed by atoms with E-state index in [-0.39, 0.29) is 6.61 Å². The van der Waals surface area contributed by atoms with Gasteiger partial charge in [0, 0.05) is 30.6 Å². The van der Waals surface area contributed by atoms with Gasteiger partial charge in [-0.2, -0.15) is 0 Å². The number of hydrogen-bond acceptors (Lipinski definition) is 3. The molecule has 1 aliphatic heterocycles. The van der Waals surface area contributed by atoms with Gasteiger partial charge < -0.3 is 14.4 Å². The fourth-order valence-corrected chi connectivity index (χ4v) is 2.66. The molecule has 1 aromatic heterocycles. The van der Waals surface area contributed by atoms with E-state index >= 15 is 0 Å². The zero-order chi connectivity index (χ0) is 13.2. The van der Waals surface area contributed by atoms with Crippen molar-refractivity contribution >= 4 is 0 Å². The Bertz CT molecular complexity index is 560. The molecule has 1 aliphatic rings. The number of benzene rings is 1. The van der Waals surface area contributed by atoms with Crippen LogP contribution in [-0.4, -0.2) is 28.4 Å². The lowest BCUT2D eigenvalue weighted by Crippen LogP contribution is -2.21. The van der Waals surface area contributed by atoms with Gasteiger partial charge in [0.05, 0.1) is 7.11 Å². The average Bonchev–Trinajstić information content (AvgIpc) is 2.90. The van der Waals surface area contributed by atoms with Crippen LogP contribution >= 0.6 is 0 Å². The van der Waals surface area contributed by atoms with Gasteiger partial charge in [0.2, 0.25) is 0 Å². The minimum Gasteiger partial charge on any atom is -0.497 e. The molecule has 2 aromatic rings. The van der Waals surface area contributed by atoms with Crippen molar-refractivity contribution in [3.8, 4) is 17.1 Å². The molecule has 19 heavy (non-hydrogen) atoms. The Morgan fingerprint density at radius 2 is 2.16 bits per heavy atom. The number of hydrogen-bond donors (Lipinski definition) is 1. The smallest absolute Gasteiger partial charge is 0.140 e. The first kappa shape index (κ1) is 12.2. The maximum Gasteiger partial charge on any atom is 0.140 e. The van der Waals surface area contributed by atoms with Crippen LogP contribution in [0.1, 0.15) is 12.1 Å². The van der Waals surface area contributed by atoms with Crippen molar-refractivity contribution in [3.63, 3.8) is 0 Å². The molecule has 0 radical (unpaired) electrons. The molecular weight excluding hydrogens is 240 g/mol. The molecule has 3 rings (SSSR count). The predicted octanol–water partition coefficient (Wildman–Crippen LogP) is 2.11. The van der Waals surface area contributed by atoms with Crippen LogP contribution in [0, 0.1) is 5.92 Å². The predicted molar refractivity (Wildman–Crippen MR) is 73.1 cm³/mol. The summed E-state index contributed by atoms with van der Waals surface area (Å²) in [6.07, 6.45) is 3.87. The Morgan fingerprint density at radius 3 is 2.84 bits per heavy atom. The third-order valence-corrected chi connectivity index (χ3v) is 3.80. The highest BCUT2D eigenvalue weighted by molar-refractivity contribution is 5.57. The fraction of sp³-hybridized carbons (Fsp3) is 0.400. The van der Waals surface area contributed by atoms with Crippen molar-refractivity contribution in [1.29, 1.82) is 0 Å². The summed E-state index contributed by atoms with van der Waals surface area (Å²) in [5.74, 6) is 2.25. The Balaban J connectivity index is 1.92. The second-order valence-corrected chi connectivity index (χ2v) is 4.99. The van der Waals surface area contributed by atoms with E-state index in [0.29, 0.717) is 5.92 Å². The summed E-state index contributed by atoms with van der Waals surface area (Å²) in [6, 6.07) is 7.98. The zero-order valence-corrected chi connectivity index (χ0v) is 11.0. The molecule has 0 amide bonds. The Kier molecular flexibility index (Phi) is 3.25. The lowest BCUT2D eigenvalue weighted by Gasteiger charge is -2.23. The van der Waals surface area contributed by atoms with Gasteiger partial charge in [-0.05, 0) is 43.0 Å². The molecule has 0 bridgehead atoms. The summed E-state index contributed by atoms with van der Waals surface area (Å²) in [5, 5.41) is 9.25. The molecule has 0 saturated carbocycles. The first-order chi connectivity index (χ1) is 9.31. The van der Waals surface area contributed by atoms with E-state index in [4.69, 9.17) is 4.74 Å².